The summed E-state index contributed by atoms with van der Waals surface area (Å²) in [5, 5.41) is 3.40. The summed E-state index contributed by atoms with van der Waals surface area (Å²) in [4.78, 5) is 14.4. The molecule has 1 atom stereocenters. The Labute approximate surface area is 104 Å². The predicted molar refractivity (Wildman–Crippen MR) is 69.8 cm³/mol. The molecule has 1 aliphatic heterocycles. The van der Waals surface area contributed by atoms with Crippen LogP contribution in [0.5, 0.6) is 0 Å². The van der Waals surface area contributed by atoms with Crippen LogP contribution < -0.4 is 5.32 Å². The van der Waals surface area contributed by atoms with Crippen molar-refractivity contribution in [2.75, 3.05) is 13.1 Å². The van der Waals surface area contributed by atoms with Crippen LogP contribution in [0.2, 0.25) is 0 Å². The average Bonchev–Trinajstić information content (AvgIpc) is 2.97. The molecule has 1 aliphatic carbocycles. The van der Waals surface area contributed by atoms with Gasteiger partial charge in [-0.25, -0.2) is 0 Å². The molecule has 17 heavy (non-hydrogen) atoms. The number of rotatable bonds is 5. The summed E-state index contributed by atoms with van der Waals surface area (Å²) in [6.07, 6.45) is 9.79. The summed E-state index contributed by atoms with van der Waals surface area (Å²) in [7, 11) is 0. The Hall–Kier alpha value is -0.830. The van der Waals surface area contributed by atoms with Gasteiger partial charge < -0.3 is 10.2 Å². The molecular formula is C14H24N2O. The highest BCUT2D eigenvalue weighted by atomic mass is 16.2. The highest BCUT2D eigenvalue weighted by Crippen LogP contribution is 2.24. The second-order valence-electron chi connectivity index (χ2n) is 5.27. The molecule has 3 heteroatoms. The molecule has 0 aromatic carbocycles. The Morgan fingerprint density at radius 3 is 2.65 bits per heavy atom. The predicted octanol–water partition coefficient (Wildman–Crippen LogP) is 2.09. The van der Waals surface area contributed by atoms with Crippen LogP contribution in [0.25, 0.3) is 0 Å². The molecule has 1 amide bonds. The van der Waals surface area contributed by atoms with Crippen LogP contribution in [-0.4, -0.2) is 36.0 Å². The third-order valence-electron chi connectivity index (χ3n) is 4.00. The standard InChI is InChI=1S/C14H24N2O/c1-2-10-16(13-7-3-4-8-13)14(17)11-12-6-5-9-15-12/h2,12-13,15H,1,3-11H2. The molecular weight excluding hydrogens is 212 g/mol. The monoisotopic (exact) mass is 236 g/mol. The third-order valence-corrected chi connectivity index (χ3v) is 4.00. The van der Waals surface area contributed by atoms with E-state index in [4.69, 9.17) is 0 Å². The smallest absolute Gasteiger partial charge is 0.224 e. The third kappa shape index (κ3) is 3.32. The molecule has 1 unspecified atom stereocenters. The normalized spacial score (nSPS) is 25.1. The molecule has 2 rings (SSSR count). The van der Waals surface area contributed by atoms with E-state index in [0.717, 1.165) is 19.5 Å². The molecule has 0 aromatic rings. The van der Waals surface area contributed by atoms with Gasteiger partial charge in [0.05, 0.1) is 0 Å². The number of nitrogens with zero attached hydrogens (tertiary/aromatic N) is 1. The summed E-state index contributed by atoms with van der Waals surface area (Å²) in [6.45, 7) is 5.57. The molecule has 0 aromatic heterocycles. The molecule has 96 valence electrons. The number of hydrogen-bond donors (Lipinski definition) is 1. The van der Waals surface area contributed by atoms with Crippen molar-refractivity contribution in [2.24, 2.45) is 0 Å². The maximum atomic E-state index is 12.3. The van der Waals surface area contributed by atoms with Crippen molar-refractivity contribution < 1.29 is 4.79 Å². The van der Waals surface area contributed by atoms with E-state index in [9.17, 15) is 4.79 Å². The Morgan fingerprint density at radius 2 is 2.06 bits per heavy atom. The van der Waals surface area contributed by atoms with Gasteiger partial charge in [0, 0.05) is 25.0 Å². The second kappa shape index (κ2) is 6.20. The van der Waals surface area contributed by atoms with Gasteiger partial charge in [0.1, 0.15) is 0 Å². The topological polar surface area (TPSA) is 32.3 Å². The molecule has 1 heterocycles. The van der Waals surface area contributed by atoms with E-state index in [1.54, 1.807) is 0 Å². The molecule has 3 nitrogen and oxygen atoms in total. The molecule has 1 N–H and O–H groups in total. The molecule has 0 radical (unpaired) electrons. The highest BCUT2D eigenvalue weighted by molar-refractivity contribution is 5.77. The van der Waals surface area contributed by atoms with Gasteiger partial charge in [0.15, 0.2) is 0 Å². The van der Waals surface area contributed by atoms with Crippen molar-refractivity contribution in [3.05, 3.63) is 12.7 Å². The summed E-state index contributed by atoms with van der Waals surface area (Å²) in [5.41, 5.74) is 0. The lowest BCUT2D eigenvalue weighted by molar-refractivity contribution is -0.133. The Kier molecular flexibility index (Phi) is 4.60. The van der Waals surface area contributed by atoms with Crippen molar-refractivity contribution in [2.45, 2.75) is 57.0 Å². The first kappa shape index (κ1) is 12.6. The molecule has 1 saturated carbocycles. The van der Waals surface area contributed by atoms with Crippen LogP contribution in [0.4, 0.5) is 0 Å². The van der Waals surface area contributed by atoms with Crippen molar-refractivity contribution in [1.29, 1.82) is 0 Å². The second-order valence-corrected chi connectivity index (χ2v) is 5.27. The zero-order valence-electron chi connectivity index (χ0n) is 10.7. The maximum Gasteiger partial charge on any atom is 0.224 e. The van der Waals surface area contributed by atoms with Gasteiger partial charge in [0.2, 0.25) is 5.91 Å². The van der Waals surface area contributed by atoms with E-state index in [1.165, 1.54) is 32.1 Å². The van der Waals surface area contributed by atoms with Crippen LogP contribution in [-0.2, 0) is 4.79 Å². The lowest BCUT2D eigenvalue weighted by atomic mass is 10.1. The largest absolute Gasteiger partial charge is 0.336 e. The molecule has 1 saturated heterocycles. The zero-order valence-corrected chi connectivity index (χ0v) is 10.7. The fourth-order valence-electron chi connectivity index (χ4n) is 3.07. The van der Waals surface area contributed by atoms with Crippen molar-refractivity contribution in [1.82, 2.24) is 10.2 Å². The number of amides is 1. The summed E-state index contributed by atoms with van der Waals surface area (Å²) >= 11 is 0. The van der Waals surface area contributed by atoms with E-state index in [0.29, 0.717) is 24.4 Å². The van der Waals surface area contributed by atoms with Gasteiger partial charge in [-0.3, -0.25) is 4.79 Å². The fraction of sp³-hybridized carbons (Fsp3) is 0.786. The quantitative estimate of drug-likeness (QED) is 0.741. The first-order valence-corrected chi connectivity index (χ1v) is 6.95. The van der Waals surface area contributed by atoms with Crippen molar-refractivity contribution >= 4 is 5.91 Å². The SMILES string of the molecule is C=CCN(C(=O)CC1CCCN1)C1CCCC1. The van der Waals surface area contributed by atoms with Crippen molar-refractivity contribution in [3.8, 4) is 0 Å². The van der Waals surface area contributed by atoms with Gasteiger partial charge in [-0.2, -0.15) is 0 Å². The number of carbonyl (C=O) groups excluding carboxylic acids is 1. The number of nitrogens with one attached hydrogen (secondary N) is 1. The Balaban J connectivity index is 1.89. The minimum absolute atomic E-state index is 0.316. The lowest BCUT2D eigenvalue weighted by Crippen LogP contribution is -2.41. The van der Waals surface area contributed by atoms with E-state index >= 15 is 0 Å². The molecule has 0 spiro atoms. The van der Waals surface area contributed by atoms with Crippen LogP contribution in [0.15, 0.2) is 12.7 Å². The molecule has 2 aliphatic rings. The van der Waals surface area contributed by atoms with Gasteiger partial charge in [-0.15, -0.1) is 6.58 Å². The van der Waals surface area contributed by atoms with Gasteiger partial charge in [-0.1, -0.05) is 18.9 Å². The van der Waals surface area contributed by atoms with Crippen LogP contribution in [0.1, 0.15) is 44.9 Å². The number of hydrogen-bond acceptors (Lipinski definition) is 2. The van der Waals surface area contributed by atoms with Gasteiger partial charge in [0.25, 0.3) is 0 Å². The van der Waals surface area contributed by atoms with Crippen molar-refractivity contribution in [3.63, 3.8) is 0 Å². The summed E-state index contributed by atoms with van der Waals surface area (Å²) in [5.74, 6) is 0.316. The summed E-state index contributed by atoms with van der Waals surface area (Å²) < 4.78 is 0. The minimum Gasteiger partial charge on any atom is -0.336 e. The minimum atomic E-state index is 0.316. The van der Waals surface area contributed by atoms with E-state index in [1.807, 2.05) is 6.08 Å². The molecule has 0 bridgehead atoms. The summed E-state index contributed by atoms with van der Waals surface area (Å²) in [6, 6.07) is 0.887. The Morgan fingerprint density at radius 1 is 1.29 bits per heavy atom. The average molecular weight is 236 g/mol. The Bertz CT molecular complexity index is 265. The van der Waals surface area contributed by atoms with E-state index < -0.39 is 0 Å². The number of carbonyl (C=O) groups is 1. The van der Waals surface area contributed by atoms with Crippen LogP contribution in [0.3, 0.4) is 0 Å². The van der Waals surface area contributed by atoms with Gasteiger partial charge >= 0.3 is 0 Å². The molecule has 2 fully saturated rings. The lowest BCUT2D eigenvalue weighted by Gasteiger charge is -2.29. The van der Waals surface area contributed by atoms with Crippen LogP contribution >= 0.6 is 0 Å². The first-order valence-electron chi connectivity index (χ1n) is 6.95. The van der Waals surface area contributed by atoms with Crippen LogP contribution in [0, 0.1) is 0 Å². The van der Waals surface area contributed by atoms with E-state index in [2.05, 4.69) is 16.8 Å². The first-order chi connectivity index (χ1) is 8.31. The maximum absolute atomic E-state index is 12.3. The van der Waals surface area contributed by atoms with E-state index in [-0.39, 0.29) is 0 Å². The zero-order chi connectivity index (χ0) is 12.1. The highest BCUT2D eigenvalue weighted by Gasteiger charge is 2.27. The fourth-order valence-corrected chi connectivity index (χ4v) is 3.07. The van der Waals surface area contributed by atoms with Gasteiger partial charge in [-0.05, 0) is 32.2 Å².